The molecule has 6 nitrogen and oxygen atoms in total. The minimum absolute atomic E-state index is 0.0391. The highest BCUT2D eigenvalue weighted by Crippen LogP contribution is 2.14. The van der Waals surface area contributed by atoms with E-state index in [1.807, 2.05) is 0 Å². The Kier molecular flexibility index (Phi) is 5.69. The van der Waals surface area contributed by atoms with Gasteiger partial charge in [-0.1, -0.05) is 18.2 Å². The van der Waals surface area contributed by atoms with Crippen LogP contribution in [-0.4, -0.2) is 40.5 Å². The average molecular weight is 264 g/mol. The van der Waals surface area contributed by atoms with E-state index in [1.54, 1.807) is 18.2 Å². The van der Waals surface area contributed by atoms with Crippen LogP contribution >= 0.6 is 0 Å². The molecule has 1 aromatic rings. The Labute approximate surface area is 111 Å². The van der Waals surface area contributed by atoms with Gasteiger partial charge in [0.2, 0.25) is 5.91 Å². The van der Waals surface area contributed by atoms with Gasteiger partial charge < -0.3 is 10.0 Å². The van der Waals surface area contributed by atoms with Gasteiger partial charge in [0.15, 0.2) is 0 Å². The van der Waals surface area contributed by atoms with Gasteiger partial charge >= 0.3 is 0 Å². The van der Waals surface area contributed by atoms with E-state index in [-0.39, 0.29) is 31.2 Å². The summed E-state index contributed by atoms with van der Waals surface area (Å²) >= 11 is 0. The van der Waals surface area contributed by atoms with E-state index in [0.717, 1.165) is 0 Å². The topological polar surface area (TPSA) is 83.7 Å². The number of carbonyl (C=O) groups is 1. The van der Waals surface area contributed by atoms with Crippen LogP contribution < -0.4 is 0 Å². The molecule has 0 unspecified atom stereocenters. The summed E-state index contributed by atoms with van der Waals surface area (Å²) < 4.78 is 0. The third-order valence-electron chi connectivity index (χ3n) is 2.55. The largest absolute Gasteiger partial charge is 0.395 e. The maximum Gasteiger partial charge on any atom is 0.269 e. The first kappa shape index (κ1) is 14.8. The van der Waals surface area contributed by atoms with Gasteiger partial charge in [0.1, 0.15) is 0 Å². The standard InChI is InChI=1S/C13H16N2O4/c1-2-6-14(7-8-16)13(17)10-11-4-3-5-12(9-11)15(18)19/h2-5,9,16H,1,6-8,10H2. The van der Waals surface area contributed by atoms with Gasteiger partial charge in [0.25, 0.3) is 5.69 Å². The number of rotatable bonds is 7. The van der Waals surface area contributed by atoms with Crippen LogP contribution in [0.15, 0.2) is 36.9 Å². The van der Waals surface area contributed by atoms with Gasteiger partial charge in [0, 0.05) is 25.2 Å². The minimum atomic E-state index is -0.497. The maximum atomic E-state index is 12.0. The molecule has 0 spiro atoms. The second-order valence-electron chi connectivity index (χ2n) is 3.96. The summed E-state index contributed by atoms with van der Waals surface area (Å²) in [5, 5.41) is 19.5. The normalized spacial score (nSPS) is 9.95. The lowest BCUT2D eigenvalue weighted by atomic mass is 10.1. The molecule has 1 aromatic carbocycles. The third kappa shape index (κ3) is 4.51. The number of hydrogen-bond donors (Lipinski definition) is 1. The summed E-state index contributed by atoms with van der Waals surface area (Å²) in [6, 6.07) is 5.96. The van der Waals surface area contributed by atoms with Crippen LogP contribution in [0.1, 0.15) is 5.56 Å². The Morgan fingerprint density at radius 3 is 2.84 bits per heavy atom. The predicted octanol–water partition coefficient (Wildman–Crippen LogP) is 1.14. The van der Waals surface area contributed by atoms with Gasteiger partial charge in [-0.25, -0.2) is 0 Å². The number of aliphatic hydroxyl groups excluding tert-OH is 1. The first-order valence-electron chi connectivity index (χ1n) is 5.81. The number of carbonyl (C=O) groups excluding carboxylic acids is 1. The molecule has 1 N–H and O–H groups in total. The van der Waals surface area contributed by atoms with Gasteiger partial charge in [-0.05, 0) is 5.56 Å². The summed E-state index contributed by atoms with van der Waals surface area (Å²) in [4.78, 5) is 23.6. The van der Waals surface area contributed by atoms with Gasteiger partial charge in [-0.15, -0.1) is 6.58 Å². The van der Waals surface area contributed by atoms with Crippen molar-refractivity contribution in [2.75, 3.05) is 19.7 Å². The van der Waals surface area contributed by atoms with E-state index in [9.17, 15) is 14.9 Å². The number of nitro benzene ring substituents is 1. The summed E-state index contributed by atoms with van der Waals surface area (Å²) in [6.45, 7) is 3.98. The van der Waals surface area contributed by atoms with Crippen molar-refractivity contribution in [3.05, 3.63) is 52.6 Å². The van der Waals surface area contributed by atoms with Crippen molar-refractivity contribution in [3.63, 3.8) is 0 Å². The molecule has 6 heteroatoms. The lowest BCUT2D eigenvalue weighted by molar-refractivity contribution is -0.384. The zero-order valence-electron chi connectivity index (χ0n) is 10.5. The molecule has 0 saturated carbocycles. The van der Waals surface area contributed by atoms with E-state index in [0.29, 0.717) is 12.1 Å². The monoisotopic (exact) mass is 264 g/mol. The minimum Gasteiger partial charge on any atom is -0.395 e. The van der Waals surface area contributed by atoms with Crippen molar-refractivity contribution < 1.29 is 14.8 Å². The predicted molar refractivity (Wildman–Crippen MR) is 70.7 cm³/mol. The van der Waals surface area contributed by atoms with Crippen LogP contribution in [0.2, 0.25) is 0 Å². The molecule has 0 heterocycles. The Bertz CT molecular complexity index is 473. The number of non-ortho nitro benzene ring substituents is 1. The maximum absolute atomic E-state index is 12.0. The molecule has 0 bridgehead atoms. The van der Waals surface area contributed by atoms with Crippen LogP contribution in [0.4, 0.5) is 5.69 Å². The molecule has 0 aliphatic rings. The lowest BCUT2D eigenvalue weighted by Crippen LogP contribution is -2.34. The number of nitrogens with zero attached hydrogens (tertiary/aromatic N) is 2. The SMILES string of the molecule is C=CCN(CCO)C(=O)Cc1cccc([N+](=O)[O-])c1. The van der Waals surface area contributed by atoms with Crippen molar-refractivity contribution in [1.29, 1.82) is 0 Å². The number of aliphatic hydroxyl groups is 1. The number of hydrogen-bond acceptors (Lipinski definition) is 4. The van der Waals surface area contributed by atoms with Gasteiger partial charge in [-0.2, -0.15) is 0 Å². The van der Waals surface area contributed by atoms with Crippen LogP contribution in [0.25, 0.3) is 0 Å². The summed E-state index contributed by atoms with van der Waals surface area (Å²) in [5.74, 6) is -0.200. The molecule has 1 amide bonds. The molecule has 19 heavy (non-hydrogen) atoms. The highest BCUT2D eigenvalue weighted by molar-refractivity contribution is 5.79. The molecule has 0 radical (unpaired) electrons. The van der Waals surface area contributed by atoms with Crippen molar-refractivity contribution >= 4 is 11.6 Å². The van der Waals surface area contributed by atoms with E-state index >= 15 is 0 Å². The fraction of sp³-hybridized carbons (Fsp3) is 0.308. The van der Waals surface area contributed by atoms with Crippen LogP contribution in [0.3, 0.4) is 0 Å². The molecule has 1 rings (SSSR count). The van der Waals surface area contributed by atoms with E-state index in [2.05, 4.69) is 6.58 Å². The second kappa shape index (κ2) is 7.27. The molecular weight excluding hydrogens is 248 g/mol. The summed E-state index contributed by atoms with van der Waals surface area (Å²) in [5.41, 5.74) is 0.536. The second-order valence-corrected chi connectivity index (χ2v) is 3.96. The fourth-order valence-electron chi connectivity index (χ4n) is 1.66. The fourth-order valence-corrected chi connectivity index (χ4v) is 1.66. The Hall–Kier alpha value is -2.21. The summed E-state index contributed by atoms with van der Waals surface area (Å²) in [6.07, 6.45) is 1.64. The Morgan fingerprint density at radius 1 is 1.53 bits per heavy atom. The van der Waals surface area contributed by atoms with Crippen LogP contribution in [-0.2, 0) is 11.2 Å². The Balaban J connectivity index is 2.77. The molecular formula is C13H16N2O4. The quantitative estimate of drug-likeness (QED) is 0.455. The molecule has 0 aromatic heterocycles. The van der Waals surface area contributed by atoms with Crippen LogP contribution in [0.5, 0.6) is 0 Å². The van der Waals surface area contributed by atoms with Crippen molar-refractivity contribution in [2.45, 2.75) is 6.42 Å². The summed E-state index contributed by atoms with van der Waals surface area (Å²) in [7, 11) is 0. The molecule has 102 valence electrons. The highest BCUT2D eigenvalue weighted by atomic mass is 16.6. The first-order valence-corrected chi connectivity index (χ1v) is 5.81. The average Bonchev–Trinajstić information content (AvgIpc) is 2.38. The smallest absolute Gasteiger partial charge is 0.269 e. The highest BCUT2D eigenvalue weighted by Gasteiger charge is 2.14. The number of benzene rings is 1. The number of nitro groups is 1. The van der Waals surface area contributed by atoms with Crippen molar-refractivity contribution in [1.82, 2.24) is 4.90 Å². The molecule has 0 saturated heterocycles. The van der Waals surface area contributed by atoms with Crippen molar-refractivity contribution in [2.24, 2.45) is 0 Å². The van der Waals surface area contributed by atoms with Crippen molar-refractivity contribution in [3.8, 4) is 0 Å². The third-order valence-corrected chi connectivity index (χ3v) is 2.55. The first-order chi connectivity index (χ1) is 9.08. The lowest BCUT2D eigenvalue weighted by Gasteiger charge is -2.19. The van der Waals surface area contributed by atoms with Crippen LogP contribution in [0, 0.1) is 10.1 Å². The van der Waals surface area contributed by atoms with Gasteiger partial charge in [-0.3, -0.25) is 14.9 Å². The number of amides is 1. The van der Waals surface area contributed by atoms with E-state index in [4.69, 9.17) is 5.11 Å². The molecule has 0 aliphatic carbocycles. The molecule has 0 fully saturated rings. The van der Waals surface area contributed by atoms with Gasteiger partial charge in [0.05, 0.1) is 18.0 Å². The van der Waals surface area contributed by atoms with E-state index in [1.165, 1.54) is 17.0 Å². The Morgan fingerprint density at radius 2 is 2.26 bits per heavy atom. The molecule has 0 aliphatic heterocycles. The van der Waals surface area contributed by atoms with E-state index < -0.39 is 4.92 Å². The molecule has 0 atom stereocenters. The zero-order chi connectivity index (χ0) is 14.3. The zero-order valence-corrected chi connectivity index (χ0v) is 10.5.